The summed E-state index contributed by atoms with van der Waals surface area (Å²) in [7, 11) is 1.75. The van der Waals surface area contributed by atoms with Crippen LogP contribution in [-0.4, -0.2) is 33.0 Å². The molecule has 96 valence electrons. The fraction of sp³-hybridized carbons (Fsp3) is 0.700. The first kappa shape index (κ1) is 13.8. The van der Waals surface area contributed by atoms with E-state index in [1.807, 2.05) is 11.8 Å². The summed E-state index contributed by atoms with van der Waals surface area (Å²) in [6.07, 6.45) is 6.89. The quantitative estimate of drug-likeness (QED) is 0.440. The molecule has 0 atom stereocenters. The highest BCUT2D eigenvalue weighted by atomic mass is 32.2. The lowest BCUT2D eigenvalue weighted by molar-refractivity contribution is -0.388. The summed E-state index contributed by atoms with van der Waals surface area (Å²) < 4.78 is 1.64. The number of anilines is 1. The average molecular weight is 258 g/mol. The number of aryl methyl sites for hydroxylation is 1. The van der Waals surface area contributed by atoms with E-state index >= 15 is 0 Å². The van der Waals surface area contributed by atoms with Gasteiger partial charge in [-0.25, -0.2) is 0 Å². The highest BCUT2D eigenvalue weighted by molar-refractivity contribution is 7.98. The van der Waals surface area contributed by atoms with E-state index in [1.54, 1.807) is 11.6 Å². The van der Waals surface area contributed by atoms with Crippen LogP contribution in [0.3, 0.4) is 0 Å². The molecule has 1 N–H and O–H groups in total. The van der Waals surface area contributed by atoms with Crippen molar-refractivity contribution in [2.45, 2.75) is 19.3 Å². The Hall–Kier alpha value is -1.24. The normalized spacial score (nSPS) is 10.5. The molecular weight excluding hydrogens is 240 g/mol. The Bertz CT molecular complexity index is 367. The number of hydrogen-bond acceptors (Lipinski definition) is 5. The first-order chi connectivity index (χ1) is 8.16. The Labute approximate surface area is 105 Å². The van der Waals surface area contributed by atoms with Crippen molar-refractivity contribution in [3.8, 4) is 0 Å². The molecule has 0 radical (unpaired) electrons. The third-order valence-electron chi connectivity index (χ3n) is 2.41. The first-order valence-corrected chi connectivity index (χ1v) is 6.94. The largest absolute Gasteiger partial charge is 0.406 e. The lowest BCUT2D eigenvalue weighted by atomic mass is 10.2. The SMILES string of the molecule is CSCCCCCNc1c([N+](=O)[O-])ncn1C. The molecule has 1 heterocycles. The number of unbranched alkanes of at least 4 members (excludes halogenated alkanes) is 2. The maximum Gasteiger partial charge on any atom is 0.406 e. The van der Waals surface area contributed by atoms with Crippen molar-refractivity contribution in [1.82, 2.24) is 9.55 Å². The number of imidazole rings is 1. The van der Waals surface area contributed by atoms with Crippen LogP contribution >= 0.6 is 11.8 Å². The van der Waals surface area contributed by atoms with Crippen molar-refractivity contribution in [3.05, 3.63) is 16.4 Å². The van der Waals surface area contributed by atoms with Gasteiger partial charge in [0.05, 0.1) is 0 Å². The Balaban J connectivity index is 2.36. The maximum atomic E-state index is 10.7. The Morgan fingerprint density at radius 3 is 2.94 bits per heavy atom. The van der Waals surface area contributed by atoms with Crippen LogP contribution in [0.25, 0.3) is 0 Å². The number of hydrogen-bond donors (Lipinski definition) is 1. The van der Waals surface area contributed by atoms with E-state index in [4.69, 9.17) is 0 Å². The summed E-state index contributed by atoms with van der Waals surface area (Å²) in [5.41, 5.74) is 0. The van der Waals surface area contributed by atoms with Crippen molar-refractivity contribution in [3.63, 3.8) is 0 Å². The van der Waals surface area contributed by atoms with Gasteiger partial charge in [0.2, 0.25) is 12.1 Å². The van der Waals surface area contributed by atoms with Crippen molar-refractivity contribution in [2.75, 3.05) is 23.9 Å². The fourth-order valence-electron chi connectivity index (χ4n) is 1.51. The average Bonchev–Trinajstić information content (AvgIpc) is 2.65. The van der Waals surface area contributed by atoms with E-state index in [0.29, 0.717) is 5.82 Å². The smallest absolute Gasteiger partial charge is 0.364 e. The van der Waals surface area contributed by atoms with Crippen LogP contribution in [0.4, 0.5) is 11.6 Å². The van der Waals surface area contributed by atoms with Crippen molar-refractivity contribution >= 4 is 23.4 Å². The molecule has 17 heavy (non-hydrogen) atoms. The lowest BCUT2D eigenvalue weighted by Crippen LogP contribution is -2.07. The number of nitrogens with one attached hydrogen (secondary N) is 1. The standard InChI is InChI=1S/C10H18N4O2S/c1-13-8-12-10(14(15)16)9(13)11-6-4-3-5-7-17-2/h8,11H,3-7H2,1-2H3. The van der Waals surface area contributed by atoms with Gasteiger partial charge in [-0.3, -0.25) is 4.57 Å². The molecule has 6 nitrogen and oxygen atoms in total. The van der Waals surface area contributed by atoms with E-state index < -0.39 is 4.92 Å². The van der Waals surface area contributed by atoms with Crippen LogP contribution in [0, 0.1) is 10.1 Å². The van der Waals surface area contributed by atoms with Crippen molar-refractivity contribution < 1.29 is 4.92 Å². The van der Waals surface area contributed by atoms with Gasteiger partial charge in [-0.15, -0.1) is 0 Å². The van der Waals surface area contributed by atoms with Crippen LogP contribution < -0.4 is 5.32 Å². The van der Waals surface area contributed by atoms with Crippen LogP contribution in [0.2, 0.25) is 0 Å². The van der Waals surface area contributed by atoms with Gasteiger partial charge >= 0.3 is 5.82 Å². The van der Waals surface area contributed by atoms with E-state index in [0.717, 1.165) is 19.4 Å². The second kappa shape index (κ2) is 7.16. The monoisotopic (exact) mass is 258 g/mol. The molecule has 0 aromatic carbocycles. The Morgan fingerprint density at radius 2 is 2.29 bits per heavy atom. The van der Waals surface area contributed by atoms with E-state index in [2.05, 4.69) is 16.6 Å². The van der Waals surface area contributed by atoms with Gasteiger partial charge < -0.3 is 15.4 Å². The molecule has 0 unspecified atom stereocenters. The third kappa shape index (κ3) is 4.26. The molecule has 0 aliphatic carbocycles. The predicted molar refractivity (Wildman–Crippen MR) is 70.6 cm³/mol. The van der Waals surface area contributed by atoms with Crippen LogP contribution in [0.5, 0.6) is 0 Å². The zero-order chi connectivity index (χ0) is 12.7. The minimum absolute atomic E-state index is 0.100. The second-order valence-electron chi connectivity index (χ2n) is 3.77. The molecule has 1 aromatic rings. The summed E-state index contributed by atoms with van der Waals surface area (Å²) in [5.74, 6) is 1.56. The summed E-state index contributed by atoms with van der Waals surface area (Å²) in [5, 5.41) is 13.8. The molecule has 0 fully saturated rings. The van der Waals surface area contributed by atoms with E-state index in [1.165, 1.54) is 18.5 Å². The molecule has 1 aromatic heterocycles. The van der Waals surface area contributed by atoms with Gasteiger partial charge in [-0.1, -0.05) is 6.42 Å². The highest BCUT2D eigenvalue weighted by Gasteiger charge is 2.18. The topological polar surface area (TPSA) is 73.0 Å². The molecule has 1 rings (SSSR count). The van der Waals surface area contributed by atoms with Gasteiger partial charge in [-0.05, 0) is 34.8 Å². The summed E-state index contributed by atoms with van der Waals surface area (Å²) >= 11 is 1.84. The molecule has 0 saturated carbocycles. The van der Waals surface area contributed by atoms with Crippen molar-refractivity contribution in [2.24, 2.45) is 7.05 Å². The van der Waals surface area contributed by atoms with Crippen molar-refractivity contribution in [1.29, 1.82) is 0 Å². The molecule has 0 aliphatic rings. The van der Waals surface area contributed by atoms with Crippen LogP contribution in [0.1, 0.15) is 19.3 Å². The molecule has 0 spiro atoms. The molecule has 0 bridgehead atoms. The molecule has 0 amide bonds. The lowest BCUT2D eigenvalue weighted by Gasteiger charge is -2.05. The first-order valence-electron chi connectivity index (χ1n) is 5.55. The number of aromatic nitrogens is 2. The fourth-order valence-corrected chi connectivity index (χ4v) is 2.00. The zero-order valence-electron chi connectivity index (χ0n) is 10.2. The second-order valence-corrected chi connectivity index (χ2v) is 4.75. The van der Waals surface area contributed by atoms with Crippen LogP contribution in [0.15, 0.2) is 6.33 Å². The molecule has 0 saturated heterocycles. The Morgan fingerprint density at radius 1 is 1.53 bits per heavy atom. The van der Waals surface area contributed by atoms with Crippen LogP contribution in [-0.2, 0) is 7.05 Å². The van der Waals surface area contributed by atoms with E-state index in [-0.39, 0.29) is 5.82 Å². The number of rotatable bonds is 8. The Kier molecular flexibility index (Phi) is 5.82. The predicted octanol–water partition coefficient (Wildman–Crippen LogP) is 2.27. The number of nitrogens with zero attached hydrogens (tertiary/aromatic N) is 3. The molecule has 7 heteroatoms. The minimum atomic E-state index is -0.462. The van der Waals surface area contributed by atoms with Gasteiger partial charge in [0, 0.05) is 13.6 Å². The summed E-state index contributed by atoms with van der Waals surface area (Å²) in [6.45, 7) is 0.745. The number of nitro groups is 1. The summed E-state index contributed by atoms with van der Waals surface area (Å²) in [4.78, 5) is 14.0. The van der Waals surface area contributed by atoms with E-state index in [9.17, 15) is 10.1 Å². The van der Waals surface area contributed by atoms with Gasteiger partial charge in [0.15, 0.2) is 0 Å². The highest BCUT2D eigenvalue weighted by Crippen LogP contribution is 2.20. The van der Waals surface area contributed by atoms with Gasteiger partial charge in [0.25, 0.3) is 0 Å². The minimum Gasteiger partial charge on any atom is -0.364 e. The summed E-state index contributed by atoms with van der Waals surface area (Å²) in [6, 6.07) is 0. The third-order valence-corrected chi connectivity index (χ3v) is 3.11. The zero-order valence-corrected chi connectivity index (χ0v) is 11.0. The molecule has 0 aliphatic heterocycles. The van der Waals surface area contributed by atoms with Gasteiger partial charge in [-0.2, -0.15) is 11.8 Å². The maximum absolute atomic E-state index is 10.7. The van der Waals surface area contributed by atoms with Gasteiger partial charge in [0.1, 0.15) is 0 Å². The molecular formula is C10H18N4O2S. The number of thioether (sulfide) groups is 1.